The normalized spacial score (nSPS) is 11.4. The monoisotopic (exact) mass is 330 g/mol. The minimum atomic E-state index is -3.34. The van der Waals surface area contributed by atoms with E-state index in [1.54, 1.807) is 36.4 Å². The van der Waals surface area contributed by atoms with E-state index < -0.39 is 9.84 Å². The first-order valence-corrected chi connectivity index (χ1v) is 8.32. The number of rotatable bonds is 3. The maximum atomic E-state index is 11.8. The van der Waals surface area contributed by atoms with E-state index in [1.165, 1.54) is 13.4 Å². The van der Waals surface area contributed by atoms with Crippen molar-refractivity contribution in [2.45, 2.75) is 4.90 Å². The minimum absolute atomic E-state index is 0.234. The van der Waals surface area contributed by atoms with Gasteiger partial charge in [-0.05, 0) is 23.8 Å². The fourth-order valence-electron chi connectivity index (χ4n) is 1.94. The molecular formula is C14H12Cl2O3S. The molecule has 0 amide bonds. The van der Waals surface area contributed by atoms with Crippen LogP contribution in [0.4, 0.5) is 0 Å². The average molecular weight is 331 g/mol. The number of sulfone groups is 1. The van der Waals surface area contributed by atoms with Crippen molar-refractivity contribution in [3.8, 4) is 16.9 Å². The summed E-state index contributed by atoms with van der Waals surface area (Å²) in [4.78, 5) is 0.234. The highest BCUT2D eigenvalue weighted by Gasteiger charge is 2.16. The Morgan fingerprint density at radius 1 is 1.05 bits per heavy atom. The first-order chi connectivity index (χ1) is 9.34. The quantitative estimate of drug-likeness (QED) is 0.851. The van der Waals surface area contributed by atoms with E-state index in [9.17, 15) is 8.42 Å². The van der Waals surface area contributed by atoms with E-state index in [1.807, 2.05) is 0 Å². The van der Waals surface area contributed by atoms with Gasteiger partial charge in [-0.3, -0.25) is 0 Å². The highest BCUT2D eigenvalue weighted by Crippen LogP contribution is 2.38. The molecule has 3 nitrogen and oxygen atoms in total. The van der Waals surface area contributed by atoms with Gasteiger partial charge in [0.1, 0.15) is 0 Å². The Balaban J connectivity index is 2.71. The molecule has 0 heterocycles. The molecule has 2 aromatic rings. The lowest BCUT2D eigenvalue weighted by atomic mass is 10.1. The third-order valence-corrected chi connectivity index (χ3v) is 4.52. The van der Waals surface area contributed by atoms with Crippen molar-refractivity contribution in [3.05, 3.63) is 46.4 Å². The summed E-state index contributed by atoms with van der Waals surface area (Å²) in [6.07, 6.45) is 1.17. The van der Waals surface area contributed by atoms with Crippen LogP contribution in [0.5, 0.6) is 5.75 Å². The third kappa shape index (κ3) is 2.92. The van der Waals surface area contributed by atoms with Crippen LogP contribution in [-0.4, -0.2) is 21.8 Å². The van der Waals surface area contributed by atoms with Crippen molar-refractivity contribution >= 4 is 33.0 Å². The van der Waals surface area contributed by atoms with Gasteiger partial charge in [0.2, 0.25) is 0 Å². The highest BCUT2D eigenvalue weighted by molar-refractivity contribution is 7.90. The molecule has 0 aliphatic rings. The summed E-state index contributed by atoms with van der Waals surface area (Å²) < 4.78 is 28.7. The van der Waals surface area contributed by atoms with Crippen LogP contribution in [0.1, 0.15) is 0 Å². The van der Waals surface area contributed by atoms with Gasteiger partial charge in [-0.2, -0.15) is 0 Å². The van der Waals surface area contributed by atoms with Crippen LogP contribution in [0, 0.1) is 0 Å². The molecule has 0 aliphatic heterocycles. The standard InChI is InChI=1S/C14H12Cl2O3S/c1-19-14-11(15)7-9(8-12(14)16)10-5-3-4-6-13(10)20(2,17)18/h3-8H,1-2H3. The number of hydrogen-bond donors (Lipinski definition) is 0. The van der Waals surface area contributed by atoms with Crippen molar-refractivity contribution in [2.75, 3.05) is 13.4 Å². The molecule has 20 heavy (non-hydrogen) atoms. The average Bonchev–Trinajstić information content (AvgIpc) is 2.37. The van der Waals surface area contributed by atoms with Gasteiger partial charge in [-0.15, -0.1) is 0 Å². The van der Waals surface area contributed by atoms with Gasteiger partial charge in [0, 0.05) is 11.8 Å². The number of ether oxygens (including phenoxy) is 1. The first-order valence-electron chi connectivity index (χ1n) is 5.67. The summed E-state index contributed by atoms with van der Waals surface area (Å²) in [7, 11) is -1.87. The molecule has 2 rings (SSSR count). The van der Waals surface area contributed by atoms with Crippen LogP contribution in [0.3, 0.4) is 0 Å². The van der Waals surface area contributed by atoms with Gasteiger partial charge in [0.05, 0.1) is 22.1 Å². The van der Waals surface area contributed by atoms with Gasteiger partial charge in [0.15, 0.2) is 15.6 Å². The Hall–Kier alpha value is -1.23. The number of methoxy groups -OCH3 is 1. The van der Waals surface area contributed by atoms with Crippen molar-refractivity contribution in [3.63, 3.8) is 0 Å². The van der Waals surface area contributed by atoms with Crippen LogP contribution in [-0.2, 0) is 9.84 Å². The summed E-state index contributed by atoms with van der Waals surface area (Å²) in [5, 5.41) is 0.664. The lowest BCUT2D eigenvalue weighted by molar-refractivity contribution is 0.415. The summed E-state index contributed by atoms with van der Waals surface area (Å²) >= 11 is 12.2. The predicted octanol–water partition coefficient (Wildman–Crippen LogP) is 4.07. The first kappa shape index (κ1) is 15.2. The molecule has 0 aliphatic carbocycles. The molecule has 0 bridgehead atoms. The number of halogens is 2. The van der Waals surface area contributed by atoms with Crippen molar-refractivity contribution in [2.24, 2.45) is 0 Å². The van der Waals surface area contributed by atoms with E-state index in [-0.39, 0.29) is 4.90 Å². The molecule has 0 saturated carbocycles. The molecule has 0 N–H and O–H groups in total. The molecule has 0 atom stereocenters. The largest absolute Gasteiger partial charge is 0.494 e. The highest BCUT2D eigenvalue weighted by atomic mass is 35.5. The molecule has 0 saturated heterocycles. The summed E-state index contributed by atoms with van der Waals surface area (Å²) in [6, 6.07) is 9.97. The van der Waals surface area contributed by atoms with Gasteiger partial charge in [-0.1, -0.05) is 41.4 Å². The molecule has 0 aromatic heterocycles. The molecule has 0 spiro atoms. The van der Waals surface area contributed by atoms with Crippen LogP contribution in [0.15, 0.2) is 41.3 Å². The summed E-state index contributed by atoms with van der Waals surface area (Å²) in [6.45, 7) is 0. The molecule has 2 aromatic carbocycles. The maximum Gasteiger partial charge on any atom is 0.176 e. The van der Waals surface area contributed by atoms with Gasteiger partial charge < -0.3 is 4.74 Å². The molecule has 6 heteroatoms. The Labute approximate surface area is 128 Å². The van der Waals surface area contributed by atoms with Crippen molar-refractivity contribution < 1.29 is 13.2 Å². The zero-order valence-corrected chi connectivity index (χ0v) is 13.2. The van der Waals surface area contributed by atoms with Gasteiger partial charge in [0.25, 0.3) is 0 Å². The Morgan fingerprint density at radius 2 is 1.60 bits per heavy atom. The minimum Gasteiger partial charge on any atom is -0.494 e. The molecule has 0 unspecified atom stereocenters. The van der Waals surface area contributed by atoms with E-state index in [4.69, 9.17) is 27.9 Å². The molecular weight excluding hydrogens is 319 g/mol. The lowest BCUT2D eigenvalue weighted by Gasteiger charge is -2.11. The van der Waals surface area contributed by atoms with Gasteiger partial charge in [-0.25, -0.2) is 8.42 Å². The Morgan fingerprint density at radius 3 is 2.10 bits per heavy atom. The second-order valence-corrected chi connectivity index (χ2v) is 7.04. The number of hydrogen-bond acceptors (Lipinski definition) is 3. The Bertz CT molecular complexity index is 732. The summed E-state index contributed by atoms with van der Waals surface area (Å²) in [5.41, 5.74) is 1.18. The zero-order valence-electron chi connectivity index (χ0n) is 10.9. The van der Waals surface area contributed by atoms with E-state index in [0.29, 0.717) is 26.9 Å². The second kappa shape index (κ2) is 5.64. The molecule has 0 radical (unpaired) electrons. The predicted molar refractivity (Wildman–Crippen MR) is 81.6 cm³/mol. The fraction of sp³-hybridized carbons (Fsp3) is 0.143. The van der Waals surface area contributed by atoms with Crippen LogP contribution >= 0.6 is 23.2 Å². The second-order valence-electron chi connectivity index (χ2n) is 4.24. The molecule has 106 valence electrons. The topological polar surface area (TPSA) is 43.4 Å². The van der Waals surface area contributed by atoms with E-state index >= 15 is 0 Å². The number of benzene rings is 2. The van der Waals surface area contributed by atoms with E-state index in [2.05, 4.69) is 0 Å². The third-order valence-electron chi connectivity index (χ3n) is 2.80. The van der Waals surface area contributed by atoms with Crippen LogP contribution in [0.25, 0.3) is 11.1 Å². The fourth-order valence-corrected chi connectivity index (χ4v) is 3.49. The summed E-state index contributed by atoms with van der Waals surface area (Å²) in [5.74, 6) is 0.369. The van der Waals surface area contributed by atoms with E-state index in [0.717, 1.165) is 0 Å². The van der Waals surface area contributed by atoms with Crippen molar-refractivity contribution in [1.29, 1.82) is 0 Å². The van der Waals surface area contributed by atoms with Crippen LogP contribution in [0.2, 0.25) is 10.0 Å². The Kier molecular flexibility index (Phi) is 4.28. The van der Waals surface area contributed by atoms with Gasteiger partial charge >= 0.3 is 0 Å². The van der Waals surface area contributed by atoms with Crippen molar-refractivity contribution in [1.82, 2.24) is 0 Å². The zero-order chi connectivity index (χ0) is 14.9. The SMILES string of the molecule is COc1c(Cl)cc(-c2ccccc2S(C)(=O)=O)cc1Cl. The smallest absolute Gasteiger partial charge is 0.176 e. The van der Waals surface area contributed by atoms with Crippen LogP contribution < -0.4 is 4.74 Å². The lowest BCUT2D eigenvalue weighted by Crippen LogP contribution is -1.99. The maximum absolute atomic E-state index is 11.8. The molecule has 0 fully saturated rings.